The fraction of sp³-hybridized carbons (Fsp3) is 0.379. The number of aliphatic hydroxyl groups is 2. The number of esters is 2. The molecule has 2 atom stereocenters. The standard InChI is InChI=1S/C27H32O8.C2H6/c1-18(2)26(30)34-16-22(28)14-32-24-9-5-20(6-10-24)13-21-7-11-25(12-8-21)33-15-23(29)17-35-27(31)19(3)4;1-2/h5-12,22-23,28-29H,1,3,13-17H2,2,4H3;1-2H3. The average Bonchev–Trinajstić information content (AvgIpc) is 2.90. The molecule has 0 bridgehead atoms. The molecule has 2 unspecified atom stereocenters. The van der Waals surface area contributed by atoms with E-state index in [0.29, 0.717) is 17.9 Å². The minimum absolute atomic E-state index is 0.00466. The summed E-state index contributed by atoms with van der Waals surface area (Å²) in [6, 6.07) is 14.9. The van der Waals surface area contributed by atoms with Gasteiger partial charge in [0.05, 0.1) is 0 Å². The highest BCUT2D eigenvalue weighted by molar-refractivity contribution is 5.87. The van der Waals surface area contributed by atoms with Gasteiger partial charge in [0, 0.05) is 11.1 Å². The van der Waals surface area contributed by atoms with Crippen LogP contribution in [-0.4, -0.2) is 60.8 Å². The molecule has 8 nitrogen and oxygen atoms in total. The van der Waals surface area contributed by atoms with Crippen LogP contribution >= 0.6 is 0 Å². The predicted octanol–water partition coefficient (Wildman–Crippen LogP) is 4.02. The molecule has 0 aliphatic heterocycles. The molecule has 2 aromatic carbocycles. The van der Waals surface area contributed by atoms with E-state index in [0.717, 1.165) is 11.1 Å². The summed E-state index contributed by atoms with van der Waals surface area (Å²) in [4.78, 5) is 22.7. The molecule has 8 heteroatoms. The molecule has 0 heterocycles. The lowest BCUT2D eigenvalue weighted by atomic mass is 10.0. The number of hydrogen-bond donors (Lipinski definition) is 2. The van der Waals surface area contributed by atoms with Gasteiger partial charge in [0.1, 0.15) is 50.1 Å². The quantitative estimate of drug-likeness (QED) is 0.287. The minimum Gasteiger partial charge on any atom is -0.491 e. The van der Waals surface area contributed by atoms with Crippen molar-refractivity contribution in [2.45, 2.75) is 46.3 Å². The third-order valence-corrected chi connectivity index (χ3v) is 4.65. The van der Waals surface area contributed by atoms with Gasteiger partial charge in [-0.15, -0.1) is 0 Å². The van der Waals surface area contributed by atoms with E-state index in [-0.39, 0.29) is 37.6 Å². The molecule has 2 rings (SSSR count). The molecule has 0 spiro atoms. The van der Waals surface area contributed by atoms with Gasteiger partial charge in [0.15, 0.2) is 0 Å². The Labute approximate surface area is 219 Å². The van der Waals surface area contributed by atoms with E-state index in [4.69, 9.17) is 18.9 Å². The molecule has 0 radical (unpaired) electrons. The van der Waals surface area contributed by atoms with Crippen LogP contribution in [0.3, 0.4) is 0 Å². The topological polar surface area (TPSA) is 112 Å². The second-order valence-electron chi connectivity index (χ2n) is 8.15. The second-order valence-corrected chi connectivity index (χ2v) is 8.15. The normalized spacial score (nSPS) is 11.7. The number of benzene rings is 2. The van der Waals surface area contributed by atoms with Gasteiger partial charge in [0.25, 0.3) is 0 Å². The summed E-state index contributed by atoms with van der Waals surface area (Å²) >= 11 is 0. The molecule has 202 valence electrons. The third-order valence-electron chi connectivity index (χ3n) is 4.65. The van der Waals surface area contributed by atoms with Gasteiger partial charge < -0.3 is 29.2 Å². The average molecular weight is 515 g/mol. The maximum Gasteiger partial charge on any atom is 0.333 e. The Morgan fingerprint density at radius 2 is 1.00 bits per heavy atom. The summed E-state index contributed by atoms with van der Waals surface area (Å²) in [5.41, 5.74) is 2.68. The van der Waals surface area contributed by atoms with Crippen LogP contribution in [0.5, 0.6) is 11.5 Å². The van der Waals surface area contributed by atoms with Gasteiger partial charge in [-0.05, 0) is 55.7 Å². The molecule has 0 amide bonds. The molecule has 0 aliphatic rings. The zero-order chi connectivity index (χ0) is 27.8. The van der Waals surface area contributed by atoms with Crippen molar-refractivity contribution in [1.82, 2.24) is 0 Å². The van der Waals surface area contributed by atoms with E-state index >= 15 is 0 Å². The first-order valence-electron chi connectivity index (χ1n) is 12.1. The van der Waals surface area contributed by atoms with Crippen LogP contribution in [-0.2, 0) is 25.5 Å². The molecule has 0 aromatic heterocycles. The highest BCUT2D eigenvalue weighted by Gasteiger charge is 2.11. The van der Waals surface area contributed by atoms with Gasteiger partial charge >= 0.3 is 11.9 Å². The smallest absolute Gasteiger partial charge is 0.333 e. The lowest BCUT2D eigenvalue weighted by molar-refractivity contribution is -0.143. The molecular weight excluding hydrogens is 476 g/mol. The molecule has 37 heavy (non-hydrogen) atoms. The van der Waals surface area contributed by atoms with E-state index in [1.807, 2.05) is 62.4 Å². The van der Waals surface area contributed by atoms with Crippen molar-refractivity contribution in [3.63, 3.8) is 0 Å². The maximum atomic E-state index is 11.3. The number of hydrogen-bond acceptors (Lipinski definition) is 8. The Kier molecular flexibility index (Phi) is 14.4. The molecule has 0 aliphatic carbocycles. The molecular formula is C29H38O8. The van der Waals surface area contributed by atoms with Crippen molar-refractivity contribution in [3.05, 3.63) is 84.0 Å². The summed E-state index contributed by atoms with van der Waals surface area (Å²) in [6.45, 7) is 13.7. The maximum absolute atomic E-state index is 11.3. The lowest BCUT2D eigenvalue weighted by Gasteiger charge is -2.13. The summed E-state index contributed by atoms with van der Waals surface area (Å²) in [7, 11) is 0. The Hall–Kier alpha value is -3.62. The van der Waals surface area contributed by atoms with Crippen LogP contribution in [0.2, 0.25) is 0 Å². The van der Waals surface area contributed by atoms with Crippen molar-refractivity contribution < 1.29 is 38.7 Å². The largest absolute Gasteiger partial charge is 0.491 e. The monoisotopic (exact) mass is 514 g/mol. The van der Waals surface area contributed by atoms with Gasteiger partial charge in [0.2, 0.25) is 0 Å². The number of ether oxygens (including phenoxy) is 4. The second kappa shape index (κ2) is 16.9. The number of aliphatic hydroxyl groups excluding tert-OH is 2. The molecule has 0 saturated carbocycles. The Morgan fingerprint density at radius 1 is 0.676 bits per heavy atom. The van der Waals surface area contributed by atoms with E-state index < -0.39 is 24.1 Å². The minimum atomic E-state index is -0.939. The van der Waals surface area contributed by atoms with Gasteiger partial charge in [-0.25, -0.2) is 9.59 Å². The van der Waals surface area contributed by atoms with Crippen LogP contribution in [0.4, 0.5) is 0 Å². The Balaban J connectivity index is 0.00000334. The zero-order valence-electron chi connectivity index (χ0n) is 22.1. The van der Waals surface area contributed by atoms with Crippen molar-refractivity contribution in [2.24, 2.45) is 0 Å². The number of carbonyl (C=O) groups is 2. The van der Waals surface area contributed by atoms with E-state index in [2.05, 4.69) is 13.2 Å². The van der Waals surface area contributed by atoms with Crippen molar-refractivity contribution in [1.29, 1.82) is 0 Å². The molecule has 2 N–H and O–H groups in total. The highest BCUT2D eigenvalue weighted by atomic mass is 16.6. The van der Waals surface area contributed by atoms with E-state index in [9.17, 15) is 19.8 Å². The predicted molar refractivity (Wildman–Crippen MR) is 142 cm³/mol. The van der Waals surface area contributed by atoms with Crippen molar-refractivity contribution in [2.75, 3.05) is 26.4 Å². The van der Waals surface area contributed by atoms with Crippen LogP contribution in [0.15, 0.2) is 72.8 Å². The van der Waals surface area contributed by atoms with Crippen molar-refractivity contribution >= 4 is 11.9 Å². The zero-order valence-corrected chi connectivity index (χ0v) is 22.1. The molecule has 0 fully saturated rings. The van der Waals surface area contributed by atoms with Gasteiger partial charge in [-0.3, -0.25) is 0 Å². The van der Waals surface area contributed by atoms with E-state index in [1.165, 1.54) is 13.8 Å². The summed E-state index contributed by atoms with van der Waals surface area (Å²) in [5, 5.41) is 19.7. The van der Waals surface area contributed by atoms with Crippen LogP contribution in [0.1, 0.15) is 38.8 Å². The van der Waals surface area contributed by atoms with Crippen LogP contribution in [0.25, 0.3) is 0 Å². The summed E-state index contributed by atoms with van der Waals surface area (Å²) in [6.07, 6.45) is -1.18. The fourth-order valence-electron chi connectivity index (χ4n) is 2.71. The van der Waals surface area contributed by atoms with Crippen molar-refractivity contribution in [3.8, 4) is 11.5 Å². The number of rotatable bonds is 14. The first-order valence-corrected chi connectivity index (χ1v) is 12.1. The van der Waals surface area contributed by atoms with Gasteiger partial charge in [-0.2, -0.15) is 0 Å². The first kappa shape index (κ1) is 31.4. The highest BCUT2D eigenvalue weighted by Crippen LogP contribution is 2.18. The van der Waals surface area contributed by atoms with Crippen LogP contribution < -0.4 is 9.47 Å². The first-order chi connectivity index (χ1) is 17.6. The SMILES string of the molecule is C=C(C)C(=O)OCC(O)COc1ccc(Cc2ccc(OCC(O)COC(=O)C(=C)C)cc2)cc1.CC. The Morgan fingerprint density at radius 3 is 1.30 bits per heavy atom. The van der Waals surface area contributed by atoms with Gasteiger partial charge in [-0.1, -0.05) is 51.3 Å². The summed E-state index contributed by atoms with van der Waals surface area (Å²) in [5.74, 6) is 0.0879. The van der Waals surface area contributed by atoms with Crippen LogP contribution in [0, 0.1) is 0 Å². The number of carbonyl (C=O) groups excluding carboxylic acids is 2. The van der Waals surface area contributed by atoms with E-state index in [1.54, 1.807) is 0 Å². The third kappa shape index (κ3) is 12.8. The molecule has 2 aromatic rings. The lowest BCUT2D eigenvalue weighted by Crippen LogP contribution is -2.25. The fourth-order valence-corrected chi connectivity index (χ4v) is 2.71. The molecule has 0 saturated heterocycles. The summed E-state index contributed by atoms with van der Waals surface area (Å²) < 4.78 is 20.9. The Bertz CT molecular complexity index is 914.